The second kappa shape index (κ2) is 8.68. The Morgan fingerprint density at radius 3 is 2.52 bits per heavy atom. The van der Waals surface area contributed by atoms with Crippen LogP contribution in [0.4, 0.5) is 0 Å². The Morgan fingerprint density at radius 1 is 1.19 bits per heavy atom. The summed E-state index contributed by atoms with van der Waals surface area (Å²) in [5.74, 6) is 0.363. The number of hydrogen-bond acceptors (Lipinski definition) is 4. The second-order valence-corrected chi connectivity index (χ2v) is 6.17. The van der Waals surface area contributed by atoms with Crippen LogP contribution in [0.1, 0.15) is 23.6 Å². The molecule has 0 radical (unpaired) electrons. The standard InChI is InChI=1S/C21H20N4O2/c1-16(27-20-8-6-17(12-22)7-9-20)21(26)24-13-18-2-4-19(5-3-18)14-25-11-10-23-15-25/h2-11,15-16H,13-14H2,1H3,(H,24,26). The number of aromatic nitrogens is 2. The summed E-state index contributed by atoms with van der Waals surface area (Å²) in [5.41, 5.74) is 2.74. The molecule has 0 fully saturated rings. The molecule has 136 valence electrons. The normalized spacial score (nSPS) is 11.4. The summed E-state index contributed by atoms with van der Waals surface area (Å²) < 4.78 is 7.61. The molecule has 3 aromatic rings. The predicted octanol–water partition coefficient (Wildman–Crippen LogP) is 2.89. The summed E-state index contributed by atoms with van der Waals surface area (Å²) in [6, 6.07) is 16.8. The van der Waals surface area contributed by atoms with E-state index in [0.29, 0.717) is 17.9 Å². The van der Waals surface area contributed by atoms with Crippen LogP contribution < -0.4 is 10.1 Å². The molecule has 0 bridgehead atoms. The Bertz CT molecular complexity index is 910. The number of rotatable bonds is 7. The number of carbonyl (C=O) groups is 1. The van der Waals surface area contributed by atoms with Gasteiger partial charge in [0.1, 0.15) is 5.75 Å². The van der Waals surface area contributed by atoms with Crippen molar-refractivity contribution >= 4 is 5.91 Å². The molecular formula is C21H20N4O2. The van der Waals surface area contributed by atoms with E-state index in [2.05, 4.69) is 10.3 Å². The van der Waals surface area contributed by atoms with E-state index in [1.165, 1.54) is 5.56 Å². The van der Waals surface area contributed by atoms with Gasteiger partial charge in [-0.05, 0) is 42.3 Å². The van der Waals surface area contributed by atoms with E-state index in [-0.39, 0.29) is 5.91 Å². The summed E-state index contributed by atoms with van der Waals surface area (Å²) in [6.07, 6.45) is 4.83. The third kappa shape index (κ3) is 5.19. The van der Waals surface area contributed by atoms with Gasteiger partial charge in [0, 0.05) is 25.5 Å². The van der Waals surface area contributed by atoms with Gasteiger partial charge in [-0.15, -0.1) is 0 Å². The van der Waals surface area contributed by atoms with Gasteiger partial charge in [-0.1, -0.05) is 24.3 Å². The van der Waals surface area contributed by atoms with Crippen LogP contribution in [0, 0.1) is 11.3 Å². The number of amides is 1. The third-order valence-electron chi connectivity index (χ3n) is 4.08. The van der Waals surface area contributed by atoms with Crippen LogP contribution in [-0.4, -0.2) is 21.6 Å². The maximum Gasteiger partial charge on any atom is 0.261 e. The molecule has 1 atom stereocenters. The van der Waals surface area contributed by atoms with Crippen molar-refractivity contribution in [2.45, 2.75) is 26.1 Å². The van der Waals surface area contributed by atoms with Gasteiger partial charge in [0.05, 0.1) is 18.0 Å². The van der Waals surface area contributed by atoms with Crippen LogP contribution in [0.5, 0.6) is 5.75 Å². The monoisotopic (exact) mass is 360 g/mol. The van der Waals surface area contributed by atoms with Crippen molar-refractivity contribution in [2.24, 2.45) is 0 Å². The smallest absolute Gasteiger partial charge is 0.261 e. The van der Waals surface area contributed by atoms with Crippen LogP contribution in [0.15, 0.2) is 67.3 Å². The summed E-state index contributed by atoms with van der Waals surface area (Å²) in [5, 5.41) is 11.7. The Hall–Kier alpha value is -3.59. The minimum Gasteiger partial charge on any atom is -0.481 e. The maximum absolute atomic E-state index is 12.2. The van der Waals surface area contributed by atoms with Gasteiger partial charge >= 0.3 is 0 Å². The first-order valence-electron chi connectivity index (χ1n) is 8.62. The molecule has 6 heteroatoms. The summed E-state index contributed by atoms with van der Waals surface area (Å²) in [4.78, 5) is 16.3. The Kier molecular flexibility index (Phi) is 5.85. The number of hydrogen-bond donors (Lipinski definition) is 1. The van der Waals surface area contributed by atoms with Crippen molar-refractivity contribution in [3.05, 3.63) is 83.9 Å². The van der Waals surface area contributed by atoms with E-state index in [0.717, 1.165) is 12.1 Å². The summed E-state index contributed by atoms with van der Waals surface area (Å²) >= 11 is 0. The number of benzene rings is 2. The van der Waals surface area contributed by atoms with Gasteiger partial charge in [0.15, 0.2) is 6.10 Å². The zero-order valence-electron chi connectivity index (χ0n) is 15.0. The lowest BCUT2D eigenvalue weighted by atomic mass is 10.1. The highest BCUT2D eigenvalue weighted by molar-refractivity contribution is 5.80. The summed E-state index contributed by atoms with van der Waals surface area (Å²) in [6.45, 7) is 2.90. The van der Waals surface area contributed by atoms with Crippen LogP contribution in [-0.2, 0) is 17.9 Å². The van der Waals surface area contributed by atoms with Gasteiger partial charge in [0.25, 0.3) is 5.91 Å². The molecule has 27 heavy (non-hydrogen) atoms. The van der Waals surface area contributed by atoms with Crippen LogP contribution >= 0.6 is 0 Å². The fourth-order valence-corrected chi connectivity index (χ4v) is 2.55. The zero-order chi connectivity index (χ0) is 19.1. The second-order valence-electron chi connectivity index (χ2n) is 6.17. The number of imidazole rings is 1. The first kappa shape index (κ1) is 18.2. The molecule has 0 spiro atoms. The van der Waals surface area contributed by atoms with Crippen LogP contribution in [0.2, 0.25) is 0 Å². The molecular weight excluding hydrogens is 340 g/mol. The number of nitriles is 1. The average molecular weight is 360 g/mol. The van der Waals surface area contributed by atoms with Crippen molar-refractivity contribution in [3.8, 4) is 11.8 Å². The first-order chi connectivity index (χ1) is 13.1. The van der Waals surface area contributed by atoms with Crippen molar-refractivity contribution in [2.75, 3.05) is 0 Å². The van der Waals surface area contributed by atoms with E-state index >= 15 is 0 Å². The Labute approximate surface area is 158 Å². The quantitative estimate of drug-likeness (QED) is 0.703. The van der Waals surface area contributed by atoms with Crippen molar-refractivity contribution < 1.29 is 9.53 Å². The molecule has 0 aliphatic rings. The molecule has 1 aromatic heterocycles. The minimum absolute atomic E-state index is 0.193. The predicted molar refractivity (Wildman–Crippen MR) is 101 cm³/mol. The van der Waals surface area contributed by atoms with Crippen molar-refractivity contribution in [1.29, 1.82) is 5.26 Å². The molecule has 3 rings (SSSR count). The van der Waals surface area contributed by atoms with Crippen molar-refractivity contribution in [1.82, 2.24) is 14.9 Å². The zero-order valence-corrected chi connectivity index (χ0v) is 15.0. The topological polar surface area (TPSA) is 79.9 Å². The van der Waals surface area contributed by atoms with Crippen LogP contribution in [0.25, 0.3) is 0 Å². The molecule has 0 aliphatic heterocycles. The third-order valence-corrected chi connectivity index (χ3v) is 4.08. The molecule has 1 amide bonds. The largest absolute Gasteiger partial charge is 0.481 e. The van der Waals surface area contributed by atoms with E-state index in [9.17, 15) is 4.79 Å². The number of carbonyl (C=O) groups excluding carboxylic acids is 1. The van der Waals surface area contributed by atoms with Gasteiger partial charge in [-0.25, -0.2) is 4.98 Å². The highest BCUT2D eigenvalue weighted by atomic mass is 16.5. The number of ether oxygens (including phenoxy) is 1. The van der Waals surface area contributed by atoms with Crippen molar-refractivity contribution in [3.63, 3.8) is 0 Å². The van der Waals surface area contributed by atoms with Gasteiger partial charge in [0.2, 0.25) is 0 Å². The fraction of sp³-hybridized carbons (Fsp3) is 0.190. The number of nitrogens with zero attached hydrogens (tertiary/aromatic N) is 3. The molecule has 1 unspecified atom stereocenters. The van der Waals surface area contributed by atoms with E-state index in [4.69, 9.17) is 10.00 Å². The highest BCUT2D eigenvalue weighted by Gasteiger charge is 2.14. The van der Waals surface area contributed by atoms with Crippen LogP contribution in [0.3, 0.4) is 0 Å². The average Bonchev–Trinajstić information content (AvgIpc) is 3.21. The van der Waals surface area contributed by atoms with Gasteiger partial charge < -0.3 is 14.6 Å². The lowest BCUT2D eigenvalue weighted by molar-refractivity contribution is -0.127. The van der Waals surface area contributed by atoms with E-state index in [1.807, 2.05) is 41.1 Å². The molecule has 1 N–H and O–H groups in total. The SMILES string of the molecule is CC(Oc1ccc(C#N)cc1)C(=O)NCc1ccc(Cn2ccnc2)cc1. The molecule has 2 aromatic carbocycles. The minimum atomic E-state index is -0.626. The van der Waals surface area contributed by atoms with E-state index < -0.39 is 6.10 Å². The Morgan fingerprint density at radius 2 is 1.89 bits per heavy atom. The maximum atomic E-state index is 12.2. The van der Waals surface area contributed by atoms with Gasteiger partial charge in [-0.2, -0.15) is 5.26 Å². The lowest BCUT2D eigenvalue weighted by Gasteiger charge is -2.15. The summed E-state index contributed by atoms with van der Waals surface area (Å²) in [7, 11) is 0. The first-order valence-corrected chi connectivity index (χ1v) is 8.62. The Balaban J connectivity index is 1.48. The number of nitrogens with one attached hydrogen (secondary N) is 1. The molecule has 0 saturated carbocycles. The fourth-order valence-electron chi connectivity index (χ4n) is 2.55. The lowest BCUT2D eigenvalue weighted by Crippen LogP contribution is -2.35. The molecule has 6 nitrogen and oxygen atoms in total. The van der Waals surface area contributed by atoms with E-state index in [1.54, 1.807) is 43.7 Å². The molecule has 1 heterocycles. The molecule has 0 saturated heterocycles. The molecule has 0 aliphatic carbocycles. The van der Waals surface area contributed by atoms with Gasteiger partial charge in [-0.3, -0.25) is 4.79 Å². The highest BCUT2D eigenvalue weighted by Crippen LogP contribution is 2.13.